The monoisotopic (exact) mass is 444 g/mol. The van der Waals surface area contributed by atoms with E-state index in [9.17, 15) is 15.0 Å². The first-order valence-electron chi connectivity index (χ1n) is 8.93. The number of aromatic nitrogens is 3. The van der Waals surface area contributed by atoms with Gasteiger partial charge in [0.1, 0.15) is 11.5 Å². The van der Waals surface area contributed by atoms with E-state index in [4.69, 9.17) is 0 Å². The fourth-order valence-electron chi connectivity index (χ4n) is 3.26. The molecule has 0 spiro atoms. The summed E-state index contributed by atoms with van der Waals surface area (Å²) in [6.07, 6.45) is 0.933. The van der Waals surface area contributed by atoms with E-state index in [1.807, 2.05) is 49.4 Å². The lowest BCUT2D eigenvalue weighted by atomic mass is 9.87. The number of carboxylic acid groups (broad SMARTS) is 1. The predicted octanol–water partition coefficient (Wildman–Crippen LogP) is 4.33. The standard InChI is InChI=1S/C20H21BrN4O3/c1-2-25-19(23-20(27)28)17(18(24-25)16-5-3-4-11-22-16)15(10-12-26)13-6-8-14(21)9-7-13/h3-9,11,15,23,26H,2,10,12H2,1H3,(H,27,28). The van der Waals surface area contributed by atoms with Crippen molar-refractivity contribution in [2.75, 3.05) is 11.9 Å². The van der Waals surface area contributed by atoms with Crippen LogP contribution in [0.2, 0.25) is 0 Å². The average molecular weight is 445 g/mol. The van der Waals surface area contributed by atoms with Crippen LogP contribution >= 0.6 is 15.9 Å². The van der Waals surface area contributed by atoms with Gasteiger partial charge in [-0.2, -0.15) is 5.10 Å². The highest BCUT2D eigenvalue weighted by molar-refractivity contribution is 9.10. The van der Waals surface area contributed by atoms with E-state index >= 15 is 0 Å². The molecule has 3 rings (SSSR count). The predicted molar refractivity (Wildman–Crippen MR) is 110 cm³/mol. The molecule has 1 atom stereocenters. The van der Waals surface area contributed by atoms with Crippen molar-refractivity contribution in [1.29, 1.82) is 0 Å². The molecule has 0 bridgehead atoms. The second-order valence-corrected chi connectivity index (χ2v) is 7.10. The molecule has 1 amide bonds. The number of rotatable bonds is 7. The molecule has 28 heavy (non-hydrogen) atoms. The molecule has 0 aliphatic carbocycles. The molecule has 0 aliphatic rings. The zero-order valence-electron chi connectivity index (χ0n) is 15.3. The number of anilines is 1. The number of halogens is 1. The third-order valence-corrected chi connectivity index (χ3v) is 4.99. The first-order valence-corrected chi connectivity index (χ1v) is 9.72. The normalized spacial score (nSPS) is 12.0. The van der Waals surface area contributed by atoms with E-state index in [0.717, 1.165) is 10.0 Å². The molecular weight excluding hydrogens is 424 g/mol. The van der Waals surface area contributed by atoms with Crippen molar-refractivity contribution in [1.82, 2.24) is 14.8 Å². The molecule has 7 nitrogen and oxygen atoms in total. The van der Waals surface area contributed by atoms with Crippen LogP contribution in [0.4, 0.5) is 10.6 Å². The summed E-state index contributed by atoms with van der Waals surface area (Å²) < 4.78 is 2.56. The van der Waals surface area contributed by atoms with Crippen molar-refractivity contribution in [3.8, 4) is 11.4 Å². The molecule has 2 aromatic heterocycles. The van der Waals surface area contributed by atoms with Crippen LogP contribution in [0.1, 0.15) is 30.4 Å². The maximum absolute atomic E-state index is 11.5. The van der Waals surface area contributed by atoms with Gasteiger partial charge in [0.25, 0.3) is 0 Å². The molecule has 3 N–H and O–H groups in total. The van der Waals surface area contributed by atoms with Crippen LogP contribution in [0.15, 0.2) is 53.1 Å². The van der Waals surface area contributed by atoms with Crippen LogP contribution in [0, 0.1) is 0 Å². The molecule has 0 radical (unpaired) electrons. The van der Waals surface area contributed by atoms with Gasteiger partial charge in [-0.1, -0.05) is 34.1 Å². The van der Waals surface area contributed by atoms with E-state index in [0.29, 0.717) is 35.7 Å². The summed E-state index contributed by atoms with van der Waals surface area (Å²) in [5, 5.41) is 26.2. The van der Waals surface area contributed by atoms with Crippen LogP contribution in [0.25, 0.3) is 11.4 Å². The van der Waals surface area contributed by atoms with Gasteiger partial charge in [0, 0.05) is 35.3 Å². The molecule has 0 aliphatic heterocycles. The molecule has 0 saturated carbocycles. The Bertz CT molecular complexity index is 942. The summed E-state index contributed by atoms with van der Waals surface area (Å²) in [6.45, 7) is 2.33. The third kappa shape index (κ3) is 4.23. The number of nitrogens with one attached hydrogen (secondary N) is 1. The fraction of sp³-hybridized carbons (Fsp3) is 0.250. The lowest BCUT2D eigenvalue weighted by Crippen LogP contribution is -2.15. The fourth-order valence-corrected chi connectivity index (χ4v) is 3.53. The summed E-state index contributed by atoms with van der Waals surface area (Å²) in [5.41, 5.74) is 2.92. The maximum Gasteiger partial charge on any atom is 0.410 e. The smallest absolute Gasteiger partial charge is 0.410 e. The molecule has 1 aromatic carbocycles. The molecule has 146 valence electrons. The van der Waals surface area contributed by atoms with Gasteiger partial charge in [-0.05, 0) is 43.2 Å². The number of nitrogens with zero attached hydrogens (tertiary/aromatic N) is 3. The average Bonchev–Trinajstić information content (AvgIpc) is 3.05. The largest absolute Gasteiger partial charge is 0.465 e. The molecule has 3 aromatic rings. The summed E-state index contributed by atoms with van der Waals surface area (Å²) in [7, 11) is 0. The van der Waals surface area contributed by atoms with Gasteiger partial charge < -0.3 is 10.2 Å². The van der Waals surface area contributed by atoms with Gasteiger partial charge in [-0.3, -0.25) is 10.3 Å². The number of aliphatic hydroxyl groups is 1. The molecule has 0 fully saturated rings. The molecular formula is C20H21BrN4O3. The number of benzene rings is 1. The van der Waals surface area contributed by atoms with Crippen molar-refractivity contribution >= 4 is 27.8 Å². The summed E-state index contributed by atoms with van der Waals surface area (Å²) in [4.78, 5) is 15.9. The van der Waals surface area contributed by atoms with Gasteiger partial charge in [0.05, 0.1) is 5.69 Å². The third-order valence-electron chi connectivity index (χ3n) is 4.46. The number of hydrogen-bond acceptors (Lipinski definition) is 4. The second kappa shape index (κ2) is 8.99. The van der Waals surface area contributed by atoms with Crippen LogP contribution in [-0.2, 0) is 6.54 Å². The Kier molecular flexibility index (Phi) is 6.43. The zero-order chi connectivity index (χ0) is 20.1. The highest BCUT2D eigenvalue weighted by Gasteiger charge is 2.28. The Morgan fingerprint density at radius 3 is 2.57 bits per heavy atom. The van der Waals surface area contributed by atoms with Gasteiger partial charge >= 0.3 is 6.09 Å². The number of aryl methyl sites for hydroxylation is 1. The van der Waals surface area contributed by atoms with Crippen molar-refractivity contribution in [3.63, 3.8) is 0 Å². The van der Waals surface area contributed by atoms with E-state index in [1.54, 1.807) is 10.9 Å². The number of aliphatic hydroxyl groups excluding tert-OH is 1. The highest BCUT2D eigenvalue weighted by atomic mass is 79.9. The Morgan fingerprint density at radius 1 is 1.25 bits per heavy atom. The van der Waals surface area contributed by atoms with Gasteiger partial charge in [0.2, 0.25) is 0 Å². The van der Waals surface area contributed by atoms with Gasteiger partial charge in [-0.15, -0.1) is 0 Å². The van der Waals surface area contributed by atoms with Crippen LogP contribution in [0.3, 0.4) is 0 Å². The topological polar surface area (TPSA) is 100 Å². The lowest BCUT2D eigenvalue weighted by molar-refractivity contribution is 0.209. The minimum Gasteiger partial charge on any atom is -0.465 e. The molecule has 8 heteroatoms. The minimum atomic E-state index is -1.16. The van der Waals surface area contributed by atoms with E-state index in [2.05, 4.69) is 31.3 Å². The van der Waals surface area contributed by atoms with Gasteiger partial charge in [0.15, 0.2) is 0 Å². The van der Waals surface area contributed by atoms with Crippen molar-refractivity contribution in [3.05, 3.63) is 64.3 Å². The molecule has 0 saturated heterocycles. The van der Waals surface area contributed by atoms with Crippen LogP contribution in [0.5, 0.6) is 0 Å². The molecule has 1 unspecified atom stereocenters. The number of hydrogen-bond donors (Lipinski definition) is 3. The first kappa shape index (κ1) is 20.0. The molecule has 2 heterocycles. The minimum absolute atomic E-state index is 0.0494. The Labute approximate surface area is 171 Å². The Hall–Kier alpha value is -2.71. The van der Waals surface area contributed by atoms with Gasteiger partial charge in [-0.25, -0.2) is 9.48 Å². The van der Waals surface area contributed by atoms with E-state index in [1.165, 1.54) is 0 Å². The van der Waals surface area contributed by atoms with Crippen molar-refractivity contribution < 1.29 is 15.0 Å². The van der Waals surface area contributed by atoms with Crippen molar-refractivity contribution in [2.24, 2.45) is 0 Å². The number of carbonyl (C=O) groups is 1. The zero-order valence-corrected chi connectivity index (χ0v) is 16.9. The first-order chi connectivity index (χ1) is 13.5. The number of pyridine rings is 1. The van der Waals surface area contributed by atoms with Crippen molar-refractivity contribution in [2.45, 2.75) is 25.8 Å². The second-order valence-electron chi connectivity index (χ2n) is 6.19. The summed E-state index contributed by atoms with van der Waals surface area (Å²) in [6, 6.07) is 13.3. The lowest BCUT2D eigenvalue weighted by Gasteiger charge is -2.19. The SMILES string of the molecule is CCn1nc(-c2ccccn2)c(C(CCO)c2ccc(Br)cc2)c1NC(=O)O. The Balaban J connectivity index is 2.25. The Morgan fingerprint density at radius 2 is 2.00 bits per heavy atom. The quantitative estimate of drug-likeness (QED) is 0.503. The highest BCUT2D eigenvalue weighted by Crippen LogP contribution is 2.40. The van der Waals surface area contributed by atoms with Crippen LogP contribution in [-0.4, -0.2) is 37.7 Å². The van der Waals surface area contributed by atoms with E-state index < -0.39 is 6.09 Å². The number of amides is 1. The summed E-state index contributed by atoms with van der Waals surface area (Å²) in [5.74, 6) is 0.147. The van der Waals surface area contributed by atoms with E-state index in [-0.39, 0.29) is 12.5 Å². The van der Waals surface area contributed by atoms with Crippen LogP contribution < -0.4 is 5.32 Å². The maximum atomic E-state index is 11.5. The summed E-state index contributed by atoms with van der Waals surface area (Å²) >= 11 is 3.44.